The number of rotatable bonds is 37. The van der Waals surface area contributed by atoms with Gasteiger partial charge in [-0.2, -0.15) is 0 Å². The van der Waals surface area contributed by atoms with Gasteiger partial charge < -0.3 is 39.9 Å². The molecule has 1 fully saturated rings. The number of carbonyl (C=O) groups is 1. The number of aliphatic hydroxyl groups excluding tert-OH is 5. The predicted molar refractivity (Wildman–Crippen MR) is 235 cm³/mol. The van der Waals surface area contributed by atoms with Gasteiger partial charge in [0.1, 0.15) is 42.7 Å². The number of phosphoric acid groups is 1. The van der Waals surface area contributed by atoms with Crippen LogP contribution in [0.15, 0.2) is 60.8 Å². The van der Waals surface area contributed by atoms with Crippen LogP contribution in [0.3, 0.4) is 0 Å². The minimum absolute atomic E-state index is 0.0953. The highest BCUT2D eigenvalue weighted by molar-refractivity contribution is 7.47. The lowest BCUT2D eigenvalue weighted by atomic mass is 9.85. The Hall–Kier alpha value is -1.96. The quantitative estimate of drug-likeness (QED) is 0.0151. The van der Waals surface area contributed by atoms with E-state index in [1.807, 2.05) is 0 Å². The van der Waals surface area contributed by atoms with Crippen molar-refractivity contribution in [1.82, 2.24) is 0 Å². The van der Waals surface area contributed by atoms with Crippen molar-refractivity contribution in [1.29, 1.82) is 0 Å². The maximum Gasteiger partial charge on any atom is 0.472 e. The summed E-state index contributed by atoms with van der Waals surface area (Å²) in [6.07, 6.45) is 32.9. The van der Waals surface area contributed by atoms with Crippen molar-refractivity contribution in [3.63, 3.8) is 0 Å². The van der Waals surface area contributed by atoms with Gasteiger partial charge in [0.25, 0.3) is 0 Å². The smallest absolute Gasteiger partial charge is 0.457 e. The van der Waals surface area contributed by atoms with Crippen molar-refractivity contribution in [2.75, 3.05) is 19.8 Å². The van der Waals surface area contributed by atoms with Crippen molar-refractivity contribution in [3.05, 3.63) is 60.8 Å². The molecule has 342 valence electrons. The molecule has 59 heavy (non-hydrogen) atoms. The van der Waals surface area contributed by atoms with E-state index in [1.165, 1.54) is 57.8 Å². The van der Waals surface area contributed by atoms with Gasteiger partial charge in [-0.25, -0.2) is 4.57 Å². The summed E-state index contributed by atoms with van der Waals surface area (Å²) in [7, 11) is -5.03. The first-order chi connectivity index (χ1) is 28.5. The van der Waals surface area contributed by atoms with Gasteiger partial charge in [0.05, 0.1) is 13.2 Å². The van der Waals surface area contributed by atoms with Gasteiger partial charge >= 0.3 is 13.8 Å². The molecule has 13 heteroatoms. The first-order valence-electron chi connectivity index (χ1n) is 22.6. The Morgan fingerprint density at radius 3 is 1.53 bits per heavy atom. The Balaban J connectivity index is 2.41. The minimum atomic E-state index is -5.03. The molecule has 1 saturated carbocycles. The molecule has 0 spiro atoms. The van der Waals surface area contributed by atoms with Crippen molar-refractivity contribution in [2.45, 2.75) is 204 Å². The van der Waals surface area contributed by atoms with Crippen LogP contribution in [0.5, 0.6) is 0 Å². The van der Waals surface area contributed by atoms with Crippen LogP contribution in [-0.2, 0) is 27.9 Å². The largest absolute Gasteiger partial charge is 0.472 e. The van der Waals surface area contributed by atoms with Gasteiger partial charge in [-0.15, -0.1) is 0 Å². The molecule has 0 amide bonds. The summed E-state index contributed by atoms with van der Waals surface area (Å²) in [5.74, 6) is -0.510. The number of allylic oxidation sites excluding steroid dienone is 10. The van der Waals surface area contributed by atoms with Crippen LogP contribution in [0.4, 0.5) is 0 Å². The molecule has 0 saturated heterocycles. The van der Waals surface area contributed by atoms with Gasteiger partial charge in [0.15, 0.2) is 0 Å². The van der Waals surface area contributed by atoms with E-state index < -0.39 is 63.1 Å². The lowest BCUT2D eigenvalue weighted by Crippen LogP contribution is -2.64. The van der Waals surface area contributed by atoms with Crippen LogP contribution in [0.25, 0.3) is 0 Å². The fourth-order valence-corrected chi connectivity index (χ4v) is 7.49. The van der Waals surface area contributed by atoms with Crippen LogP contribution in [-0.4, -0.2) is 98.9 Å². The Labute approximate surface area is 356 Å². The fraction of sp³-hybridized carbons (Fsp3) is 0.761. The number of aliphatic hydroxyl groups is 5. The molecule has 1 aliphatic carbocycles. The number of hydrogen-bond acceptors (Lipinski definition) is 11. The molecule has 0 aromatic carbocycles. The molecule has 0 aromatic rings. The van der Waals surface area contributed by atoms with Crippen LogP contribution in [0.1, 0.15) is 162 Å². The third-order valence-corrected chi connectivity index (χ3v) is 11.1. The molecular formula is C46H81O12P. The lowest BCUT2D eigenvalue weighted by molar-refractivity contribution is -0.220. The molecule has 12 nitrogen and oxygen atoms in total. The summed E-state index contributed by atoms with van der Waals surface area (Å²) in [6.45, 7) is 4.07. The normalized spacial score (nSPS) is 23.1. The van der Waals surface area contributed by atoms with Gasteiger partial charge in [-0.05, 0) is 77.0 Å². The minimum Gasteiger partial charge on any atom is -0.457 e. The highest BCUT2D eigenvalue weighted by atomic mass is 31.2. The highest BCUT2D eigenvalue weighted by Crippen LogP contribution is 2.47. The fourth-order valence-electron chi connectivity index (χ4n) is 6.52. The second kappa shape index (κ2) is 36.7. The Bertz CT molecular complexity index is 1200. The van der Waals surface area contributed by atoms with E-state index in [0.717, 1.165) is 77.0 Å². The van der Waals surface area contributed by atoms with Crippen molar-refractivity contribution >= 4 is 13.8 Å². The van der Waals surface area contributed by atoms with Crippen LogP contribution in [0, 0.1) is 0 Å². The third-order valence-electron chi connectivity index (χ3n) is 10.1. The molecular weight excluding hydrogens is 775 g/mol. The van der Waals surface area contributed by atoms with Crippen LogP contribution < -0.4 is 0 Å². The summed E-state index contributed by atoms with van der Waals surface area (Å²) < 4.78 is 34.1. The average molecular weight is 857 g/mol. The van der Waals surface area contributed by atoms with Gasteiger partial charge in [0.2, 0.25) is 0 Å². The first-order valence-corrected chi connectivity index (χ1v) is 24.1. The number of phosphoric ester groups is 1. The van der Waals surface area contributed by atoms with E-state index >= 15 is 0 Å². The van der Waals surface area contributed by atoms with Crippen LogP contribution in [0.2, 0.25) is 0 Å². The summed E-state index contributed by atoms with van der Waals surface area (Å²) in [5.41, 5.74) is 0. The standard InChI is InChI=1S/C46H81O12P/c1-3-5-7-9-11-13-15-17-18-19-20-21-22-24-26-28-30-32-34-36-55-37-39(38-56-59(53,54)58-46-44(51)42(49)41(48)43(50)45(46)52)57-40(47)35-33-31-29-27-25-23-16-14-12-10-8-6-4-2/h6,8,12-15,18-19,23,25,39,41-46,48-52H,3-5,7,9-11,16-17,20-22,24,26-38H2,1-2H3,(H,53,54)/b8-6-,14-12-,15-13-,19-18-,25-23-. The monoisotopic (exact) mass is 857 g/mol. The maximum absolute atomic E-state index is 12.8. The van der Waals surface area contributed by atoms with E-state index in [9.17, 15) is 39.8 Å². The number of hydrogen-bond donors (Lipinski definition) is 6. The molecule has 1 aliphatic rings. The highest BCUT2D eigenvalue weighted by Gasteiger charge is 2.51. The first kappa shape index (κ1) is 55.1. The average Bonchev–Trinajstić information content (AvgIpc) is 3.22. The van der Waals surface area contributed by atoms with E-state index in [1.54, 1.807) is 0 Å². The topological polar surface area (TPSA) is 192 Å². The van der Waals surface area contributed by atoms with Gasteiger partial charge in [0, 0.05) is 13.0 Å². The molecule has 1 rings (SSSR count). The van der Waals surface area contributed by atoms with Crippen molar-refractivity contribution < 1.29 is 58.3 Å². The Kier molecular flexibility index (Phi) is 34.2. The molecule has 0 heterocycles. The Morgan fingerprint density at radius 1 is 0.559 bits per heavy atom. The second-order valence-corrected chi connectivity index (χ2v) is 16.9. The van der Waals surface area contributed by atoms with Crippen molar-refractivity contribution in [2.24, 2.45) is 0 Å². The SMILES string of the molecule is CC/C=C\C/C=C\C/C=C\CCCCCC(=O)OC(COCCCCCCCCCC/C=C\C/C=C\CCCCCC)COP(=O)(O)OC1C(O)C(O)C(O)C(O)C1O. The number of ether oxygens (including phenoxy) is 2. The molecule has 0 aliphatic heterocycles. The van der Waals surface area contributed by atoms with E-state index in [0.29, 0.717) is 13.0 Å². The number of esters is 1. The summed E-state index contributed by atoms with van der Waals surface area (Å²) in [5, 5.41) is 50.1. The van der Waals surface area contributed by atoms with E-state index in [4.69, 9.17) is 18.5 Å². The van der Waals surface area contributed by atoms with E-state index in [-0.39, 0.29) is 13.0 Å². The summed E-state index contributed by atoms with van der Waals surface area (Å²) in [6, 6.07) is 0. The van der Waals surface area contributed by atoms with Gasteiger partial charge in [-0.1, -0.05) is 139 Å². The zero-order chi connectivity index (χ0) is 43.4. The summed E-state index contributed by atoms with van der Waals surface area (Å²) >= 11 is 0. The van der Waals surface area contributed by atoms with Gasteiger partial charge in [-0.3, -0.25) is 13.8 Å². The molecule has 6 unspecified atom stereocenters. The lowest BCUT2D eigenvalue weighted by Gasteiger charge is -2.41. The van der Waals surface area contributed by atoms with Crippen LogP contribution >= 0.6 is 7.82 Å². The molecule has 6 atom stereocenters. The zero-order valence-electron chi connectivity index (χ0n) is 36.3. The molecule has 6 N–H and O–H groups in total. The number of carbonyl (C=O) groups excluding carboxylic acids is 1. The molecule has 0 bridgehead atoms. The zero-order valence-corrected chi connectivity index (χ0v) is 37.2. The molecule has 0 aromatic heterocycles. The Morgan fingerprint density at radius 2 is 1.00 bits per heavy atom. The summed E-state index contributed by atoms with van der Waals surface area (Å²) in [4.78, 5) is 23.1. The maximum atomic E-state index is 12.8. The molecule has 0 radical (unpaired) electrons. The van der Waals surface area contributed by atoms with Crippen molar-refractivity contribution in [3.8, 4) is 0 Å². The second-order valence-electron chi connectivity index (χ2n) is 15.5. The van der Waals surface area contributed by atoms with E-state index in [2.05, 4.69) is 74.6 Å². The predicted octanol–water partition coefficient (Wildman–Crippen LogP) is 9.03. The number of unbranched alkanes of at least 4 members (excludes halogenated alkanes) is 15. The third kappa shape index (κ3) is 29.1.